The van der Waals surface area contributed by atoms with Gasteiger partial charge in [-0.05, 0) is 25.0 Å². The zero-order valence-electron chi connectivity index (χ0n) is 12.3. The van der Waals surface area contributed by atoms with E-state index >= 15 is 0 Å². The van der Waals surface area contributed by atoms with Gasteiger partial charge in [0.15, 0.2) is 0 Å². The molecule has 1 aliphatic rings. The second kappa shape index (κ2) is 5.52. The Balaban J connectivity index is 1.88. The summed E-state index contributed by atoms with van der Waals surface area (Å²) in [6.07, 6.45) is 0.637. The Bertz CT molecular complexity index is 684. The van der Waals surface area contributed by atoms with Gasteiger partial charge >= 0.3 is 0 Å². The van der Waals surface area contributed by atoms with Crippen molar-refractivity contribution in [3.63, 3.8) is 0 Å². The monoisotopic (exact) mass is 278 g/mol. The largest absolute Gasteiger partial charge is 0.272 e. The van der Waals surface area contributed by atoms with Crippen LogP contribution in [0.1, 0.15) is 34.6 Å². The van der Waals surface area contributed by atoms with Gasteiger partial charge in [-0.2, -0.15) is 5.10 Å². The molecule has 0 spiro atoms. The number of nitrogens with zero attached hydrogens (tertiary/aromatic N) is 1. The SMILES string of the molecule is Cc1ccc(C2=NNC(=O)[C@@H](c3ccc(C)cc3)C2)cc1. The lowest BCUT2D eigenvalue weighted by Crippen LogP contribution is -2.33. The summed E-state index contributed by atoms with van der Waals surface area (Å²) in [5, 5.41) is 4.22. The van der Waals surface area contributed by atoms with Crippen molar-refractivity contribution in [1.29, 1.82) is 0 Å². The van der Waals surface area contributed by atoms with Crippen molar-refractivity contribution >= 4 is 11.6 Å². The Hall–Kier alpha value is -2.42. The van der Waals surface area contributed by atoms with Gasteiger partial charge in [0.05, 0.1) is 11.6 Å². The van der Waals surface area contributed by atoms with Gasteiger partial charge in [-0.15, -0.1) is 0 Å². The highest BCUT2D eigenvalue weighted by Crippen LogP contribution is 2.25. The molecule has 3 nitrogen and oxygen atoms in total. The van der Waals surface area contributed by atoms with Crippen LogP contribution >= 0.6 is 0 Å². The molecule has 1 heterocycles. The summed E-state index contributed by atoms with van der Waals surface area (Å²) in [6.45, 7) is 4.10. The van der Waals surface area contributed by atoms with Crippen molar-refractivity contribution in [1.82, 2.24) is 5.43 Å². The molecule has 21 heavy (non-hydrogen) atoms. The van der Waals surface area contributed by atoms with Crippen LogP contribution in [0.15, 0.2) is 53.6 Å². The van der Waals surface area contributed by atoms with Crippen LogP contribution < -0.4 is 5.43 Å². The van der Waals surface area contributed by atoms with E-state index in [-0.39, 0.29) is 11.8 Å². The summed E-state index contributed by atoms with van der Waals surface area (Å²) in [6, 6.07) is 16.4. The minimum Gasteiger partial charge on any atom is -0.272 e. The van der Waals surface area contributed by atoms with E-state index < -0.39 is 0 Å². The molecular weight excluding hydrogens is 260 g/mol. The Kier molecular flexibility index (Phi) is 3.57. The normalized spacial score (nSPS) is 18.1. The number of hydrogen-bond acceptors (Lipinski definition) is 2. The first-order chi connectivity index (χ1) is 10.1. The van der Waals surface area contributed by atoms with E-state index in [0.717, 1.165) is 16.8 Å². The maximum atomic E-state index is 12.1. The third-order valence-electron chi connectivity index (χ3n) is 3.88. The van der Waals surface area contributed by atoms with E-state index in [4.69, 9.17) is 0 Å². The smallest absolute Gasteiger partial charge is 0.248 e. The maximum Gasteiger partial charge on any atom is 0.248 e. The molecule has 0 saturated carbocycles. The number of carbonyl (C=O) groups excluding carboxylic acids is 1. The predicted molar refractivity (Wildman–Crippen MR) is 84.4 cm³/mol. The van der Waals surface area contributed by atoms with Gasteiger partial charge in [-0.3, -0.25) is 4.79 Å². The minimum absolute atomic E-state index is 0.0327. The molecular formula is C18H18N2O. The minimum atomic E-state index is -0.167. The molecule has 0 aliphatic carbocycles. The van der Waals surface area contributed by atoms with E-state index in [1.54, 1.807) is 0 Å². The Morgan fingerprint density at radius 1 is 0.952 bits per heavy atom. The first kappa shape index (κ1) is 13.6. The highest BCUT2D eigenvalue weighted by Gasteiger charge is 2.26. The summed E-state index contributed by atoms with van der Waals surface area (Å²) >= 11 is 0. The van der Waals surface area contributed by atoms with Crippen molar-refractivity contribution in [2.75, 3.05) is 0 Å². The number of hydrazone groups is 1. The number of nitrogens with one attached hydrogen (secondary N) is 1. The molecule has 2 aromatic rings. The summed E-state index contributed by atoms with van der Waals surface area (Å²) in [5.41, 5.74) is 8.11. The van der Waals surface area contributed by atoms with Crippen molar-refractivity contribution in [2.24, 2.45) is 5.10 Å². The van der Waals surface area contributed by atoms with Gasteiger partial charge in [0, 0.05) is 6.42 Å². The quantitative estimate of drug-likeness (QED) is 0.899. The van der Waals surface area contributed by atoms with Gasteiger partial charge in [0.1, 0.15) is 0 Å². The fourth-order valence-electron chi connectivity index (χ4n) is 2.53. The molecule has 2 aromatic carbocycles. The van der Waals surface area contributed by atoms with E-state index in [2.05, 4.69) is 41.7 Å². The number of benzene rings is 2. The molecule has 1 atom stereocenters. The van der Waals surface area contributed by atoms with E-state index in [1.807, 2.05) is 31.2 Å². The predicted octanol–water partition coefficient (Wildman–Crippen LogP) is 3.31. The van der Waals surface area contributed by atoms with Gasteiger partial charge in [0.2, 0.25) is 5.91 Å². The van der Waals surface area contributed by atoms with Crippen LogP contribution in [0, 0.1) is 13.8 Å². The molecule has 1 N–H and O–H groups in total. The standard InChI is InChI=1S/C18H18N2O/c1-12-3-7-14(8-4-12)16-11-17(19-20-18(16)21)15-9-5-13(2)6-10-15/h3-10,16H,11H2,1-2H3,(H,20,21)/t16-/m1/s1. The summed E-state index contributed by atoms with van der Waals surface area (Å²) in [4.78, 5) is 12.1. The fraction of sp³-hybridized carbons (Fsp3) is 0.222. The molecule has 1 aliphatic heterocycles. The number of rotatable bonds is 2. The fourth-order valence-corrected chi connectivity index (χ4v) is 2.53. The van der Waals surface area contributed by atoms with Crippen LogP contribution in [-0.2, 0) is 4.79 Å². The van der Waals surface area contributed by atoms with Gasteiger partial charge in [0.25, 0.3) is 0 Å². The van der Waals surface area contributed by atoms with Crippen LogP contribution in [-0.4, -0.2) is 11.6 Å². The molecule has 0 bridgehead atoms. The van der Waals surface area contributed by atoms with Crippen LogP contribution in [0.4, 0.5) is 0 Å². The molecule has 0 saturated heterocycles. The average Bonchev–Trinajstić information content (AvgIpc) is 2.50. The number of amides is 1. The Morgan fingerprint density at radius 2 is 1.52 bits per heavy atom. The zero-order chi connectivity index (χ0) is 14.8. The van der Waals surface area contributed by atoms with Crippen molar-refractivity contribution in [2.45, 2.75) is 26.2 Å². The van der Waals surface area contributed by atoms with Gasteiger partial charge in [-0.25, -0.2) is 5.43 Å². The first-order valence-corrected chi connectivity index (χ1v) is 7.13. The van der Waals surface area contributed by atoms with Gasteiger partial charge in [-0.1, -0.05) is 59.7 Å². The summed E-state index contributed by atoms with van der Waals surface area (Å²) in [7, 11) is 0. The van der Waals surface area contributed by atoms with Crippen molar-refractivity contribution < 1.29 is 4.79 Å². The third kappa shape index (κ3) is 2.87. The molecule has 1 amide bonds. The summed E-state index contributed by atoms with van der Waals surface area (Å²) < 4.78 is 0. The van der Waals surface area contributed by atoms with E-state index in [0.29, 0.717) is 6.42 Å². The molecule has 3 rings (SSSR count). The summed E-state index contributed by atoms with van der Waals surface area (Å²) in [5.74, 6) is -0.200. The lowest BCUT2D eigenvalue weighted by Gasteiger charge is -2.22. The topological polar surface area (TPSA) is 41.5 Å². The average molecular weight is 278 g/mol. The van der Waals surface area contributed by atoms with E-state index in [1.165, 1.54) is 11.1 Å². The van der Waals surface area contributed by atoms with Crippen LogP contribution in [0.2, 0.25) is 0 Å². The van der Waals surface area contributed by atoms with Crippen LogP contribution in [0.25, 0.3) is 0 Å². The zero-order valence-corrected chi connectivity index (χ0v) is 12.3. The molecule has 0 radical (unpaired) electrons. The molecule has 0 fully saturated rings. The second-order valence-corrected chi connectivity index (χ2v) is 5.57. The van der Waals surface area contributed by atoms with Crippen molar-refractivity contribution in [3.8, 4) is 0 Å². The van der Waals surface area contributed by atoms with Crippen LogP contribution in [0.3, 0.4) is 0 Å². The highest BCUT2D eigenvalue weighted by atomic mass is 16.2. The molecule has 0 aromatic heterocycles. The van der Waals surface area contributed by atoms with Gasteiger partial charge < -0.3 is 0 Å². The lowest BCUT2D eigenvalue weighted by atomic mass is 9.89. The molecule has 106 valence electrons. The molecule has 0 unspecified atom stereocenters. The Labute approximate surface area is 124 Å². The number of aryl methyl sites for hydroxylation is 2. The number of carbonyl (C=O) groups is 1. The third-order valence-corrected chi connectivity index (χ3v) is 3.88. The highest BCUT2D eigenvalue weighted by molar-refractivity contribution is 6.06. The molecule has 3 heteroatoms. The maximum absolute atomic E-state index is 12.1. The van der Waals surface area contributed by atoms with E-state index in [9.17, 15) is 4.79 Å². The Morgan fingerprint density at radius 3 is 2.14 bits per heavy atom. The lowest BCUT2D eigenvalue weighted by molar-refractivity contribution is -0.122. The number of hydrogen-bond donors (Lipinski definition) is 1. The van der Waals surface area contributed by atoms with Crippen molar-refractivity contribution in [3.05, 3.63) is 70.8 Å². The van der Waals surface area contributed by atoms with Crippen LogP contribution in [0.5, 0.6) is 0 Å². The first-order valence-electron chi connectivity index (χ1n) is 7.13. The second-order valence-electron chi connectivity index (χ2n) is 5.57.